The maximum Gasteiger partial charge on any atom is 0.242 e. The van der Waals surface area contributed by atoms with Gasteiger partial charge in [-0.25, -0.2) is 13.8 Å². The molecule has 1 aliphatic rings. The normalized spacial score (nSPS) is 20.1. The monoisotopic (exact) mass is 444 g/mol. The van der Waals surface area contributed by atoms with Crippen molar-refractivity contribution in [3.05, 3.63) is 59.3 Å². The van der Waals surface area contributed by atoms with Gasteiger partial charge in [0.05, 0.1) is 16.9 Å². The Balaban J connectivity index is 1.52. The average molecular weight is 445 g/mol. The fourth-order valence-corrected chi connectivity index (χ4v) is 4.03. The number of nitrogens with zero attached hydrogens (tertiary/aromatic N) is 5. The first-order valence-electron chi connectivity index (χ1n) is 9.58. The second-order valence-corrected chi connectivity index (χ2v) is 7.93. The number of rotatable bonds is 7. The lowest BCUT2D eigenvalue weighted by molar-refractivity contribution is -0.107. The van der Waals surface area contributed by atoms with Gasteiger partial charge in [0.25, 0.3) is 0 Å². The largest absolute Gasteiger partial charge is 0.352 e. The van der Waals surface area contributed by atoms with Gasteiger partial charge in [0.2, 0.25) is 12.4 Å². The molecule has 0 saturated heterocycles. The number of carbonyl (C=O) groups excluding carboxylic acids is 1. The van der Waals surface area contributed by atoms with Crippen molar-refractivity contribution in [1.29, 1.82) is 0 Å². The minimum absolute atomic E-state index is 0.175. The standard InChI is InChI=1S/C21H19ClF2N6O/c1-30(12-31)14-4-5-17(24)15(7-14)18-10-26-20(29-28-18)27-11-21(8-13(23)9-21)19-16(22)3-2-6-25-19/h2-7,10,12-13H,8-9,11H2,1H3,(H,26,27,29). The van der Waals surface area contributed by atoms with Gasteiger partial charge in [0.15, 0.2) is 0 Å². The smallest absolute Gasteiger partial charge is 0.242 e. The Morgan fingerprint density at radius 1 is 1.29 bits per heavy atom. The van der Waals surface area contributed by atoms with Crippen molar-refractivity contribution in [2.24, 2.45) is 0 Å². The zero-order chi connectivity index (χ0) is 22.0. The molecule has 2 aromatic heterocycles. The minimum atomic E-state index is -0.916. The molecular weight excluding hydrogens is 426 g/mol. The molecule has 1 fully saturated rings. The highest BCUT2D eigenvalue weighted by molar-refractivity contribution is 6.31. The van der Waals surface area contributed by atoms with Gasteiger partial charge in [-0.05, 0) is 43.2 Å². The van der Waals surface area contributed by atoms with E-state index in [1.165, 1.54) is 29.3 Å². The third-order valence-electron chi connectivity index (χ3n) is 5.42. The van der Waals surface area contributed by atoms with Crippen LogP contribution >= 0.6 is 11.6 Å². The van der Waals surface area contributed by atoms with Crippen molar-refractivity contribution in [3.8, 4) is 11.3 Å². The SMILES string of the molecule is CN(C=O)c1ccc(F)c(-c2cnc(NCC3(c4ncccc4Cl)CC(F)C3)nn2)c1. The molecule has 0 spiro atoms. The first kappa shape index (κ1) is 21.0. The summed E-state index contributed by atoms with van der Waals surface area (Å²) in [6.07, 6.45) is 3.32. The summed E-state index contributed by atoms with van der Waals surface area (Å²) in [6, 6.07) is 7.70. The molecule has 1 N–H and O–H groups in total. The van der Waals surface area contributed by atoms with Gasteiger partial charge in [-0.3, -0.25) is 9.78 Å². The third kappa shape index (κ3) is 4.18. The van der Waals surface area contributed by atoms with Gasteiger partial charge in [0.1, 0.15) is 17.7 Å². The average Bonchev–Trinajstić information content (AvgIpc) is 2.76. The molecule has 3 aromatic rings. The number of hydrogen-bond donors (Lipinski definition) is 1. The number of pyridine rings is 1. The molecule has 1 aromatic carbocycles. The summed E-state index contributed by atoms with van der Waals surface area (Å²) in [5, 5.41) is 11.6. The number of benzene rings is 1. The molecule has 1 saturated carbocycles. The zero-order valence-corrected chi connectivity index (χ0v) is 17.4. The molecular formula is C21H19ClF2N6O. The van der Waals surface area contributed by atoms with Crippen molar-refractivity contribution in [2.75, 3.05) is 23.8 Å². The van der Waals surface area contributed by atoms with E-state index in [0.29, 0.717) is 42.2 Å². The van der Waals surface area contributed by atoms with Gasteiger partial charge < -0.3 is 10.2 Å². The predicted molar refractivity (Wildman–Crippen MR) is 113 cm³/mol. The molecule has 0 bridgehead atoms. The maximum atomic E-state index is 14.3. The van der Waals surface area contributed by atoms with Crippen molar-refractivity contribution in [1.82, 2.24) is 20.2 Å². The molecule has 7 nitrogen and oxygen atoms in total. The van der Waals surface area contributed by atoms with E-state index >= 15 is 0 Å². The Morgan fingerprint density at radius 2 is 2.10 bits per heavy atom. The van der Waals surface area contributed by atoms with Crippen LogP contribution in [0.1, 0.15) is 18.5 Å². The summed E-state index contributed by atoms with van der Waals surface area (Å²) in [6.45, 7) is 0.332. The Kier molecular flexibility index (Phi) is 5.77. The van der Waals surface area contributed by atoms with Crippen LogP contribution in [0.3, 0.4) is 0 Å². The number of carbonyl (C=O) groups is 1. The molecule has 10 heteroatoms. The fraction of sp³-hybridized carbons (Fsp3) is 0.286. The fourth-order valence-electron chi connectivity index (χ4n) is 3.70. The summed E-state index contributed by atoms with van der Waals surface area (Å²) in [5.74, 6) is -0.286. The molecule has 4 rings (SSSR count). The number of amides is 1. The maximum absolute atomic E-state index is 14.3. The van der Waals surface area contributed by atoms with E-state index in [4.69, 9.17) is 11.6 Å². The van der Waals surface area contributed by atoms with E-state index in [1.807, 2.05) is 0 Å². The van der Waals surface area contributed by atoms with Crippen LogP contribution in [0.4, 0.5) is 20.4 Å². The number of hydrogen-bond acceptors (Lipinski definition) is 6. The minimum Gasteiger partial charge on any atom is -0.352 e. The molecule has 1 amide bonds. The topological polar surface area (TPSA) is 83.9 Å². The Hall–Kier alpha value is -3.20. The van der Waals surface area contributed by atoms with Crippen molar-refractivity contribution in [2.45, 2.75) is 24.4 Å². The molecule has 31 heavy (non-hydrogen) atoms. The first-order valence-corrected chi connectivity index (χ1v) is 9.96. The Bertz CT molecular complexity index is 1090. The lowest BCUT2D eigenvalue weighted by atomic mass is 9.65. The lowest BCUT2D eigenvalue weighted by Gasteiger charge is -2.44. The van der Waals surface area contributed by atoms with Crippen LogP contribution in [0.5, 0.6) is 0 Å². The highest BCUT2D eigenvalue weighted by atomic mass is 35.5. The number of nitrogens with one attached hydrogen (secondary N) is 1. The summed E-state index contributed by atoms with van der Waals surface area (Å²) in [4.78, 5) is 20.8. The molecule has 2 heterocycles. The van der Waals surface area contributed by atoms with Crippen molar-refractivity contribution in [3.63, 3.8) is 0 Å². The highest BCUT2D eigenvalue weighted by Crippen LogP contribution is 2.46. The zero-order valence-electron chi connectivity index (χ0n) is 16.6. The van der Waals surface area contributed by atoms with E-state index < -0.39 is 17.4 Å². The molecule has 0 atom stereocenters. The van der Waals surface area contributed by atoms with Gasteiger partial charge in [-0.2, -0.15) is 0 Å². The molecule has 0 aliphatic heterocycles. The molecule has 160 valence electrons. The quantitative estimate of drug-likeness (QED) is 0.558. The highest BCUT2D eigenvalue weighted by Gasteiger charge is 2.48. The first-order chi connectivity index (χ1) is 14.9. The summed E-state index contributed by atoms with van der Waals surface area (Å²) in [7, 11) is 1.56. The lowest BCUT2D eigenvalue weighted by Crippen LogP contribution is -2.48. The number of alkyl halides is 1. The van der Waals surface area contributed by atoms with Crippen LogP contribution in [0.15, 0.2) is 42.7 Å². The number of halogens is 3. The van der Waals surface area contributed by atoms with Gasteiger partial charge in [0, 0.05) is 36.5 Å². The van der Waals surface area contributed by atoms with E-state index in [9.17, 15) is 13.6 Å². The molecule has 0 radical (unpaired) electrons. The number of aromatic nitrogens is 4. The van der Waals surface area contributed by atoms with E-state index in [2.05, 4.69) is 25.5 Å². The third-order valence-corrected chi connectivity index (χ3v) is 5.73. The van der Waals surface area contributed by atoms with Crippen LogP contribution in [-0.2, 0) is 10.2 Å². The summed E-state index contributed by atoms with van der Waals surface area (Å²) in [5.41, 5.74) is 0.990. The van der Waals surface area contributed by atoms with Gasteiger partial charge in [-0.15, -0.1) is 10.2 Å². The second kappa shape index (κ2) is 8.50. The van der Waals surface area contributed by atoms with Crippen LogP contribution in [-0.4, -0.2) is 46.3 Å². The van der Waals surface area contributed by atoms with Crippen LogP contribution in [0.2, 0.25) is 5.02 Å². The Morgan fingerprint density at radius 3 is 2.74 bits per heavy atom. The van der Waals surface area contributed by atoms with Crippen LogP contribution < -0.4 is 10.2 Å². The number of anilines is 2. The van der Waals surface area contributed by atoms with E-state index in [-0.39, 0.29) is 17.2 Å². The molecule has 1 aliphatic carbocycles. The van der Waals surface area contributed by atoms with Crippen LogP contribution in [0, 0.1) is 5.82 Å². The predicted octanol–water partition coefficient (Wildman–Crippen LogP) is 3.80. The van der Waals surface area contributed by atoms with Gasteiger partial charge in [-0.1, -0.05) is 11.6 Å². The van der Waals surface area contributed by atoms with Crippen LogP contribution in [0.25, 0.3) is 11.3 Å². The van der Waals surface area contributed by atoms with E-state index in [0.717, 1.165) is 0 Å². The van der Waals surface area contributed by atoms with E-state index in [1.54, 1.807) is 25.4 Å². The molecule has 0 unspecified atom stereocenters. The summed E-state index contributed by atoms with van der Waals surface area (Å²) < 4.78 is 28.0. The van der Waals surface area contributed by atoms with Crippen molar-refractivity contribution < 1.29 is 13.6 Å². The second-order valence-electron chi connectivity index (χ2n) is 7.52. The van der Waals surface area contributed by atoms with Crippen molar-refractivity contribution >= 4 is 29.6 Å². The van der Waals surface area contributed by atoms with Gasteiger partial charge >= 0.3 is 0 Å². The summed E-state index contributed by atoms with van der Waals surface area (Å²) >= 11 is 6.28. The Labute approximate surface area is 182 Å².